The minimum Gasteiger partial charge on any atom is -0.480 e. The Kier molecular flexibility index (Phi) is 6.70. The number of hydrogen-bond donors (Lipinski definition) is 1. The Hall–Kier alpha value is -4.31. The summed E-state index contributed by atoms with van der Waals surface area (Å²) < 4.78 is 24.0. The fourth-order valence-electron chi connectivity index (χ4n) is 4.17. The van der Waals surface area contributed by atoms with Crippen molar-refractivity contribution >= 4 is 29.4 Å². The molecular weight excluding hydrogens is 503 g/mol. The number of aromatic nitrogens is 3. The molecule has 1 aliphatic rings. The number of hydrogen-bond acceptors (Lipinski definition) is 6. The summed E-state index contributed by atoms with van der Waals surface area (Å²) in [7, 11) is 3.88. The van der Waals surface area contributed by atoms with Gasteiger partial charge in [-0.25, -0.2) is 14.2 Å². The molecule has 0 aliphatic heterocycles. The maximum absolute atomic E-state index is 17.0. The Morgan fingerprint density at radius 3 is 2.51 bits per heavy atom. The zero-order valence-electron chi connectivity index (χ0n) is 20.1. The molecule has 9 nitrogen and oxygen atoms in total. The van der Waals surface area contributed by atoms with Crippen molar-refractivity contribution in [2.75, 3.05) is 7.11 Å². The van der Waals surface area contributed by atoms with E-state index in [1.165, 1.54) is 51.6 Å². The van der Waals surface area contributed by atoms with Crippen LogP contribution in [0.5, 0.6) is 5.88 Å². The van der Waals surface area contributed by atoms with Gasteiger partial charge in [-0.1, -0.05) is 54.1 Å². The van der Waals surface area contributed by atoms with Crippen molar-refractivity contribution in [2.24, 2.45) is 14.1 Å². The molecule has 3 aromatic rings. The number of alkyl halides is 2. The molecule has 0 saturated heterocycles. The highest BCUT2D eigenvalue weighted by molar-refractivity contribution is 6.31. The molecule has 1 N–H and O–H groups in total. The van der Waals surface area contributed by atoms with Crippen molar-refractivity contribution in [3.63, 3.8) is 0 Å². The van der Waals surface area contributed by atoms with Gasteiger partial charge in [0, 0.05) is 25.9 Å². The SMILES string of the molecule is COc1nc(C2(NC(=O)c3cn(C)c(=O)n(C)c3=O)C=CC=C(c3ccccc3)C2(F)Cl)ccc1C=O. The molecule has 11 heteroatoms. The Morgan fingerprint density at radius 2 is 1.86 bits per heavy atom. The van der Waals surface area contributed by atoms with Crippen LogP contribution in [-0.4, -0.2) is 38.5 Å². The van der Waals surface area contributed by atoms with Gasteiger partial charge in [-0.05, 0) is 23.8 Å². The molecule has 1 aliphatic carbocycles. The number of aryl methyl sites for hydroxylation is 1. The predicted octanol–water partition coefficient (Wildman–Crippen LogP) is 2.48. The maximum atomic E-state index is 17.0. The maximum Gasteiger partial charge on any atom is 0.330 e. The highest BCUT2D eigenvalue weighted by Gasteiger charge is 2.57. The number of benzene rings is 1. The van der Waals surface area contributed by atoms with E-state index in [-0.39, 0.29) is 22.7 Å². The van der Waals surface area contributed by atoms with Crippen LogP contribution >= 0.6 is 11.6 Å². The monoisotopic (exact) mass is 524 g/mol. The molecule has 2 aromatic heterocycles. The van der Waals surface area contributed by atoms with Crippen LogP contribution < -0.4 is 21.3 Å². The lowest BCUT2D eigenvalue weighted by Crippen LogP contribution is -2.58. The van der Waals surface area contributed by atoms with Crippen LogP contribution in [0.15, 0.2) is 76.5 Å². The van der Waals surface area contributed by atoms with Crippen LogP contribution in [0.1, 0.15) is 32.0 Å². The third-order valence-electron chi connectivity index (χ3n) is 6.14. The topological polar surface area (TPSA) is 112 Å². The predicted molar refractivity (Wildman–Crippen MR) is 135 cm³/mol. The number of carbonyl (C=O) groups excluding carboxylic acids is 2. The van der Waals surface area contributed by atoms with Crippen LogP contribution in [0.3, 0.4) is 0 Å². The van der Waals surface area contributed by atoms with E-state index in [9.17, 15) is 19.2 Å². The Labute approximate surface area is 215 Å². The second-order valence-corrected chi connectivity index (χ2v) is 8.88. The van der Waals surface area contributed by atoms with Gasteiger partial charge < -0.3 is 14.6 Å². The number of allylic oxidation sites excluding steroid dienone is 2. The molecule has 0 bridgehead atoms. The van der Waals surface area contributed by atoms with Crippen LogP contribution in [0, 0.1) is 0 Å². The molecule has 0 radical (unpaired) electrons. The summed E-state index contributed by atoms with van der Waals surface area (Å²) in [5.74, 6) is -1.12. The number of aldehydes is 1. The summed E-state index contributed by atoms with van der Waals surface area (Å²) in [6.07, 6.45) is 5.86. The molecular formula is C26H22ClFN4O5. The lowest BCUT2D eigenvalue weighted by molar-refractivity contribution is 0.0853. The van der Waals surface area contributed by atoms with E-state index in [0.717, 1.165) is 15.3 Å². The van der Waals surface area contributed by atoms with Gasteiger partial charge in [-0.3, -0.25) is 19.0 Å². The number of rotatable bonds is 6. The summed E-state index contributed by atoms with van der Waals surface area (Å²) >= 11 is 6.67. The number of pyridine rings is 1. The van der Waals surface area contributed by atoms with Gasteiger partial charge in [-0.15, -0.1) is 0 Å². The minimum absolute atomic E-state index is 0.0196. The van der Waals surface area contributed by atoms with Gasteiger partial charge in [0.2, 0.25) is 11.0 Å². The van der Waals surface area contributed by atoms with E-state index in [4.69, 9.17) is 16.3 Å². The number of amides is 1. The number of ether oxygens (including phenoxy) is 1. The van der Waals surface area contributed by atoms with E-state index in [2.05, 4.69) is 10.3 Å². The van der Waals surface area contributed by atoms with Gasteiger partial charge >= 0.3 is 5.69 Å². The molecule has 2 unspecified atom stereocenters. The van der Waals surface area contributed by atoms with Crippen LogP contribution in [0.2, 0.25) is 0 Å². The molecule has 190 valence electrons. The quantitative estimate of drug-likeness (QED) is 0.392. The molecule has 37 heavy (non-hydrogen) atoms. The van der Waals surface area contributed by atoms with Gasteiger partial charge in [0.05, 0.1) is 18.4 Å². The Morgan fingerprint density at radius 1 is 1.16 bits per heavy atom. The van der Waals surface area contributed by atoms with E-state index >= 15 is 4.39 Å². The smallest absolute Gasteiger partial charge is 0.330 e. The average molecular weight is 525 g/mol. The fraction of sp³-hybridized carbons (Fsp3) is 0.192. The summed E-state index contributed by atoms with van der Waals surface area (Å²) in [5.41, 5.74) is -3.65. The van der Waals surface area contributed by atoms with Crippen molar-refractivity contribution < 1.29 is 18.7 Å². The number of nitrogens with one attached hydrogen (secondary N) is 1. The van der Waals surface area contributed by atoms with Crippen LogP contribution in [0.25, 0.3) is 5.57 Å². The van der Waals surface area contributed by atoms with Gasteiger partial charge in [0.25, 0.3) is 11.5 Å². The second kappa shape index (κ2) is 9.62. The van der Waals surface area contributed by atoms with Gasteiger partial charge in [-0.2, -0.15) is 0 Å². The lowest BCUT2D eigenvalue weighted by Gasteiger charge is -2.43. The molecule has 1 aromatic carbocycles. The summed E-state index contributed by atoms with van der Waals surface area (Å²) in [6, 6.07) is 11.2. The molecule has 1 amide bonds. The molecule has 0 spiro atoms. The number of carbonyl (C=O) groups is 2. The normalized spacial score (nSPS) is 20.7. The van der Waals surface area contributed by atoms with Crippen molar-refractivity contribution in [1.82, 2.24) is 19.4 Å². The molecule has 2 atom stereocenters. The average Bonchev–Trinajstić information content (AvgIpc) is 2.90. The van der Waals surface area contributed by atoms with Crippen molar-refractivity contribution in [3.8, 4) is 5.88 Å². The van der Waals surface area contributed by atoms with Gasteiger partial charge in [0.1, 0.15) is 5.56 Å². The minimum atomic E-state index is -2.83. The van der Waals surface area contributed by atoms with Crippen LogP contribution in [0.4, 0.5) is 4.39 Å². The Bertz CT molecular complexity index is 1580. The largest absolute Gasteiger partial charge is 0.480 e. The highest BCUT2D eigenvalue weighted by atomic mass is 35.5. The van der Waals surface area contributed by atoms with Crippen molar-refractivity contribution in [2.45, 2.75) is 10.7 Å². The standard InChI is InChI=1S/C26H22ClFN4O5/c1-31-14-18(23(35)32(2)24(31)36)21(34)30-25(20-12-11-17(15-33)22(29-20)37-3)13-7-10-19(26(25,27)28)16-8-5-4-6-9-16/h4-15H,1-3H3,(H,30,34). The summed E-state index contributed by atoms with van der Waals surface area (Å²) in [5, 5.41) is -0.278. The van der Waals surface area contributed by atoms with Crippen molar-refractivity contribution in [1.29, 1.82) is 0 Å². The lowest BCUT2D eigenvalue weighted by atomic mass is 9.78. The molecule has 0 fully saturated rings. The van der Waals surface area contributed by atoms with Crippen molar-refractivity contribution in [3.05, 3.63) is 110 Å². The first-order valence-corrected chi connectivity index (χ1v) is 11.4. The first-order valence-electron chi connectivity index (χ1n) is 11.0. The van der Waals surface area contributed by atoms with E-state index in [1.54, 1.807) is 30.3 Å². The second-order valence-electron chi connectivity index (χ2n) is 8.36. The number of nitrogens with zero attached hydrogens (tertiary/aromatic N) is 3. The zero-order valence-corrected chi connectivity index (χ0v) is 20.8. The van der Waals surface area contributed by atoms with Gasteiger partial charge in [0.15, 0.2) is 11.8 Å². The number of halogens is 2. The van der Waals surface area contributed by atoms with E-state index in [1.807, 2.05) is 0 Å². The molecule has 4 rings (SSSR count). The molecule has 2 heterocycles. The highest BCUT2D eigenvalue weighted by Crippen LogP contribution is 2.51. The van der Waals surface area contributed by atoms with E-state index < -0.39 is 33.4 Å². The van der Waals surface area contributed by atoms with E-state index in [0.29, 0.717) is 11.8 Å². The summed E-state index contributed by atoms with van der Waals surface area (Å²) in [4.78, 5) is 54.1. The first-order chi connectivity index (χ1) is 17.6. The fourth-order valence-corrected chi connectivity index (χ4v) is 4.55. The van der Waals surface area contributed by atoms with Crippen LogP contribution in [-0.2, 0) is 19.6 Å². The molecule has 0 saturated carbocycles. The first kappa shape index (κ1) is 25.8. The number of methoxy groups -OCH3 is 1. The zero-order chi connectivity index (χ0) is 27.0. The Balaban J connectivity index is 1.95. The third kappa shape index (κ3) is 4.19. The third-order valence-corrected chi connectivity index (χ3v) is 6.64. The summed E-state index contributed by atoms with van der Waals surface area (Å²) in [6.45, 7) is 0.